The summed E-state index contributed by atoms with van der Waals surface area (Å²) in [4.78, 5) is 12.4. The summed E-state index contributed by atoms with van der Waals surface area (Å²) >= 11 is 7.45. The van der Waals surface area contributed by atoms with E-state index in [1.54, 1.807) is 23.9 Å². The smallest absolute Gasteiger partial charge is 0.404 e. The van der Waals surface area contributed by atoms with Gasteiger partial charge in [-0.1, -0.05) is 23.7 Å². The van der Waals surface area contributed by atoms with Crippen LogP contribution in [-0.2, 0) is 6.54 Å². The maximum absolute atomic E-state index is 13.9. The van der Waals surface area contributed by atoms with Gasteiger partial charge in [0.2, 0.25) is 0 Å². The Morgan fingerprint density at radius 2 is 2.25 bits per heavy atom. The molecule has 0 radical (unpaired) electrons. The first-order valence-electron chi connectivity index (χ1n) is 6.15. The number of carbonyl (C=O) groups is 1. The van der Waals surface area contributed by atoms with Crippen molar-refractivity contribution in [2.75, 3.05) is 31.6 Å². The molecule has 0 fully saturated rings. The average Bonchev–Trinajstić information content (AvgIpc) is 2.40. The van der Waals surface area contributed by atoms with E-state index >= 15 is 0 Å². The molecular weight excluding hydrogens is 303 g/mol. The summed E-state index contributed by atoms with van der Waals surface area (Å²) in [6.45, 7) is 2.01. The Morgan fingerprint density at radius 1 is 1.50 bits per heavy atom. The molecule has 0 atom stereocenters. The number of hydrogen-bond donors (Lipinski definition) is 2. The molecule has 1 aromatic rings. The minimum absolute atomic E-state index is 0.107. The van der Waals surface area contributed by atoms with Gasteiger partial charge in [0, 0.05) is 37.5 Å². The lowest BCUT2D eigenvalue weighted by Gasteiger charge is -2.22. The van der Waals surface area contributed by atoms with Crippen molar-refractivity contribution >= 4 is 29.5 Å². The highest BCUT2D eigenvalue weighted by molar-refractivity contribution is 7.98. The van der Waals surface area contributed by atoms with Crippen LogP contribution in [0.4, 0.5) is 9.18 Å². The van der Waals surface area contributed by atoms with Crippen LogP contribution in [0.1, 0.15) is 5.56 Å². The molecule has 0 spiro atoms. The second-order valence-electron chi connectivity index (χ2n) is 4.21. The fourth-order valence-electron chi connectivity index (χ4n) is 1.72. The molecule has 4 nitrogen and oxygen atoms in total. The minimum Gasteiger partial charge on any atom is -0.465 e. The summed E-state index contributed by atoms with van der Waals surface area (Å²) in [6, 6.07) is 4.92. The quantitative estimate of drug-likeness (QED) is 0.773. The lowest BCUT2D eigenvalue weighted by molar-refractivity contribution is 0.191. The van der Waals surface area contributed by atoms with Gasteiger partial charge >= 0.3 is 6.09 Å². The third kappa shape index (κ3) is 5.98. The number of halogens is 2. The van der Waals surface area contributed by atoms with Crippen molar-refractivity contribution in [3.05, 3.63) is 34.6 Å². The topological polar surface area (TPSA) is 52.6 Å². The first-order chi connectivity index (χ1) is 9.54. The molecule has 0 heterocycles. The zero-order valence-corrected chi connectivity index (χ0v) is 12.8. The SMILES string of the molecule is CSCCN(CCNC(=O)O)Cc1cccc(Cl)c1F. The van der Waals surface area contributed by atoms with Crippen molar-refractivity contribution in [2.45, 2.75) is 6.54 Å². The fourth-order valence-corrected chi connectivity index (χ4v) is 2.36. The first kappa shape index (κ1) is 17.1. The van der Waals surface area contributed by atoms with Crippen molar-refractivity contribution < 1.29 is 14.3 Å². The highest BCUT2D eigenvalue weighted by atomic mass is 35.5. The Kier molecular flexibility index (Phi) is 7.72. The predicted octanol–water partition coefficient (Wildman–Crippen LogP) is 2.91. The third-order valence-corrected chi connectivity index (χ3v) is 3.62. The summed E-state index contributed by atoms with van der Waals surface area (Å²) < 4.78 is 13.9. The summed E-state index contributed by atoms with van der Waals surface area (Å²) in [7, 11) is 0. The zero-order chi connectivity index (χ0) is 15.0. The molecule has 0 saturated carbocycles. The van der Waals surface area contributed by atoms with Crippen molar-refractivity contribution in [2.24, 2.45) is 0 Å². The van der Waals surface area contributed by atoms with Crippen molar-refractivity contribution in [3.63, 3.8) is 0 Å². The van der Waals surface area contributed by atoms with E-state index in [2.05, 4.69) is 5.32 Å². The van der Waals surface area contributed by atoms with Crippen molar-refractivity contribution in [3.8, 4) is 0 Å². The molecule has 1 aromatic carbocycles. The van der Waals surface area contributed by atoms with Gasteiger partial charge in [-0.15, -0.1) is 0 Å². The summed E-state index contributed by atoms with van der Waals surface area (Å²) in [5, 5.41) is 11.0. The van der Waals surface area contributed by atoms with Crippen LogP contribution in [0.3, 0.4) is 0 Å². The van der Waals surface area contributed by atoms with Crippen LogP contribution in [0.15, 0.2) is 18.2 Å². The standard InChI is InChI=1S/C13H18ClFN2O2S/c1-20-8-7-17(6-5-16-13(18)19)9-10-3-2-4-11(14)12(10)15/h2-4,16H,5-9H2,1H3,(H,18,19). The van der Waals surface area contributed by atoms with E-state index in [1.807, 2.05) is 11.2 Å². The highest BCUT2D eigenvalue weighted by Crippen LogP contribution is 2.19. The molecule has 112 valence electrons. The van der Waals surface area contributed by atoms with Crippen LogP contribution in [0.5, 0.6) is 0 Å². The number of thioether (sulfide) groups is 1. The second-order valence-corrected chi connectivity index (χ2v) is 5.61. The molecular formula is C13H18ClFN2O2S. The molecule has 1 rings (SSSR count). The van der Waals surface area contributed by atoms with E-state index < -0.39 is 11.9 Å². The van der Waals surface area contributed by atoms with Crippen LogP contribution in [-0.4, -0.2) is 47.7 Å². The van der Waals surface area contributed by atoms with Gasteiger partial charge in [0.1, 0.15) is 5.82 Å². The van der Waals surface area contributed by atoms with Gasteiger partial charge in [0.25, 0.3) is 0 Å². The fraction of sp³-hybridized carbons (Fsp3) is 0.462. The normalized spacial score (nSPS) is 10.8. The molecule has 0 aromatic heterocycles. The monoisotopic (exact) mass is 320 g/mol. The summed E-state index contributed by atoms with van der Waals surface area (Å²) in [5.41, 5.74) is 0.522. The first-order valence-corrected chi connectivity index (χ1v) is 7.92. The maximum Gasteiger partial charge on any atom is 0.404 e. The van der Waals surface area contributed by atoms with Crippen LogP contribution >= 0.6 is 23.4 Å². The average molecular weight is 321 g/mol. The zero-order valence-electron chi connectivity index (χ0n) is 11.2. The molecule has 0 saturated heterocycles. The van der Waals surface area contributed by atoms with Gasteiger partial charge in [0.05, 0.1) is 5.02 Å². The van der Waals surface area contributed by atoms with E-state index in [1.165, 1.54) is 6.07 Å². The van der Waals surface area contributed by atoms with Gasteiger partial charge in [-0.2, -0.15) is 11.8 Å². The van der Waals surface area contributed by atoms with Crippen LogP contribution in [0, 0.1) is 5.82 Å². The van der Waals surface area contributed by atoms with Gasteiger partial charge < -0.3 is 10.4 Å². The van der Waals surface area contributed by atoms with Gasteiger partial charge in [0.15, 0.2) is 0 Å². The summed E-state index contributed by atoms with van der Waals surface area (Å²) in [5.74, 6) is 0.490. The predicted molar refractivity (Wildman–Crippen MR) is 81.1 cm³/mol. The Hall–Kier alpha value is -0.980. The molecule has 0 unspecified atom stereocenters. The molecule has 20 heavy (non-hydrogen) atoms. The molecule has 0 aliphatic heterocycles. The molecule has 0 aliphatic carbocycles. The van der Waals surface area contributed by atoms with Gasteiger partial charge in [-0.3, -0.25) is 4.90 Å². The summed E-state index contributed by atoms with van der Waals surface area (Å²) in [6.07, 6.45) is 0.942. The Balaban J connectivity index is 2.62. The van der Waals surface area contributed by atoms with E-state index in [0.29, 0.717) is 25.2 Å². The number of carboxylic acid groups (broad SMARTS) is 1. The lowest BCUT2D eigenvalue weighted by atomic mass is 10.2. The van der Waals surface area contributed by atoms with Crippen LogP contribution in [0.2, 0.25) is 5.02 Å². The van der Waals surface area contributed by atoms with E-state index in [4.69, 9.17) is 16.7 Å². The number of benzene rings is 1. The number of hydrogen-bond acceptors (Lipinski definition) is 3. The van der Waals surface area contributed by atoms with E-state index in [-0.39, 0.29) is 5.02 Å². The molecule has 0 aliphatic rings. The van der Waals surface area contributed by atoms with Gasteiger partial charge in [-0.05, 0) is 12.3 Å². The number of nitrogens with zero attached hydrogens (tertiary/aromatic N) is 1. The Bertz CT molecular complexity index is 448. The Morgan fingerprint density at radius 3 is 2.90 bits per heavy atom. The third-order valence-electron chi connectivity index (χ3n) is 2.74. The van der Waals surface area contributed by atoms with Crippen molar-refractivity contribution in [1.29, 1.82) is 0 Å². The lowest BCUT2D eigenvalue weighted by Crippen LogP contribution is -2.35. The van der Waals surface area contributed by atoms with Gasteiger partial charge in [-0.25, -0.2) is 9.18 Å². The Labute approximate surface area is 127 Å². The van der Waals surface area contributed by atoms with E-state index in [9.17, 15) is 9.18 Å². The van der Waals surface area contributed by atoms with Crippen LogP contribution in [0.25, 0.3) is 0 Å². The molecule has 0 bridgehead atoms. The second kappa shape index (κ2) is 9.05. The van der Waals surface area contributed by atoms with Crippen LogP contribution < -0.4 is 5.32 Å². The largest absolute Gasteiger partial charge is 0.465 e. The highest BCUT2D eigenvalue weighted by Gasteiger charge is 2.11. The number of rotatable bonds is 8. The van der Waals surface area contributed by atoms with Crippen molar-refractivity contribution in [1.82, 2.24) is 10.2 Å². The molecule has 1 amide bonds. The maximum atomic E-state index is 13.9. The minimum atomic E-state index is -1.05. The number of amides is 1. The molecule has 7 heteroatoms. The van der Waals surface area contributed by atoms with E-state index in [0.717, 1.165) is 12.3 Å². The molecule has 2 N–H and O–H groups in total. The number of nitrogens with one attached hydrogen (secondary N) is 1.